The number of aliphatic imine (C=N–C) groups is 4. The number of rotatable bonds is 12. The molecule has 0 spiro atoms. The minimum absolute atomic E-state index is 0. The van der Waals surface area contributed by atoms with Crippen LogP contribution in [0.25, 0.3) is 0 Å². The molecule has 0 unspecified atom stereocenters. The average Bonchev–Trinajstić information content (AvgIpc) is 0.806. The van der Waals surface area contributed by atoms with Crippen LogP contribution in [0.4, 0.5) is 22.7 Å². The van der Waals surface area contributed by atoms with Gasteiger partial charge in [0, 0.05) is 49.1 Å². The van der Waals surface area contributed by atoms with Crippen LogP contribution in [0.5, 0.6) is 46.0 Å². The molecule has 2 radical (unpaired) electrons. The van der Waals surface area contributed by atoms with Crippen LogP contribution in [-0.4, -0.2) is 53.3 Å². The summed E-state index contributed by atoms with van der Waals surface area (Å²) in [4.78, 5) is 17.9. The van der Waals surface area contributed by atoms with E-state index in [0.717, 1.165) is 90.3 Å². The summed E-state index contributed by atoms with van der Waals surface area (Å²) in [5.41, 5.74) is 12.4. The molecule has 0 amide bonds. The third-order valence-corrected chi connectivity index (χ3v) is 16.8. The number of ether oxygens (including phenoxy) is 4. The van der Waals surface area contributed by atoms with Gasteiger partial charge in [-0.1, -0.05) is 262 Å². The van der Waals surface area contributed by atoms with Crippen LogP contribution >= 0.6 is 0 Å². The number of benzene rings is 8. The van der Waals surface area contributed by atoms with Gasteiger partial charge < -0.3 is 50.3 Å². The molecule has 104 heavy (non-hydrogen) atoms. The molecule has 0 atom stereocenters. The van der Waals surface area contributed by atoms with E-state index < -0.39 is 0 Å². The fourth-order valence-electron chi connectivity index (χ4n) is 10.3. The molecule has 0 aromatic heterocycles. The first-order valence-electron chi connectivity index (χ1n) is 34.3. The maximum absolute atomic E-state index is 12.9. The molecule has 0 saturated heterocycles. The van der Waals surface area contributed by atoms with Crippen molar-refractivity contribution in [3.63, 3.8) is 0 Å². The van der Waals surface area contributed by atoms with Gasteiger partial charge in [-0.25, -0.2) is 0 Å². The topological polar surface area (TPSA) is 236 Å². The van der Waals surface area contributed by atoms with Crippen LogP contribution in [0.3, 0.4) is 0 Å². The summed E-state index contributed by atoms with van der Waals surface area (Å²) in [5.74, 6) is 3.18. The van der Waals surface area contributed by atoms with E-state index in [0.29, 0.717) is 22.3 Å². The van der Waals surface area contributed by atoms with Gasteiger partial charge in [-0.15, -0.1) is 0 Å². The summed E-state index contributed by atoms with van der Waals surface area (Å²) >= 11 is 0. The van der Waals surface area contributed by atoms with Crippen LogP contribution in [0, 0.1) is 0 Å². The Labute approximate surface area is 647 Å². The quantitative estimate of drug-likeness (QED) is 0.106. The summed E-state index contributed by atoms with van der Waals surface area (Å²) in [6.07, 6.45) is 6.67. The molecule has 0 fully saturated rings. The molecule has 0 bridgehead atoms. The fraction of sp³-hybridized carbons (Fsp3) is 0.409. The average molecular weight is 1490 g/mol. The monoisotopic (exact) mass is 1490 g/mol. The maximum Gasteiger partial charge on any atom is 4.00 e. The van der Waals surface area contributed by atoms with E-state index in [1.807, 2.05) is 146 Å². The van der Waals surface area contributed by atoms with Crippen molar-refractivity contribution in [1.29, 1.82) is 0 Å². The molecule has 8 aromatic carbocycles. The van der Waals surface area contributed by atoms with Crippen molar-refractivity contribution >= 4 is 47.6 Å². The molecule has 0 aliphatic rings. The van der Waals surface area contributed by atoms with Crippen molar-refractivity contribution < 1.29 is 87.4 Å². The number of nitrogens with zero attached hydrogens (tertiary/aromatic N) is 4. The predicted octanol–water partition coefficient (Wildman–Crippen LogP) is 20.2. The first-order chi connectivity index (χ1) is 46.1. The largest absolute Gasteiger partial charge is 4.00 e. The van der Waals surface area contributed by atoms with E-state index in [4.69, 9.17) is 18.9 Å². The van der Waals surface area contributed by atoms with Gasteiger partial charge in [0.05, 0.1) is 51.2 Å². The van der Waals surface area contributed by atoms with Crippen molar-refractivity contribution in [3.8, 4) is 46.0 Å². The summed E-state index contributed by atoms with van der Waals surface area (Å²) in [5, 5.41) is 51.7. The molecule has 0 N–H and O–H groups in total. The van der Waals surface area contributed by atoms with Gasteiger partial charge in [-0.2, -0.15) is 0 Å². The Balaban J connectivity index is 0.000000685. The van der Waals surface area contributed by atoms with Crippen LogP contribution < -0.4 is 39.4 Å². The number of methoxy groups -OCH3 is 4. The molecule has 0 heterocycles. The van der Waals surface area contributed by atoms with Crippen LogP contribution in [-0.2, 0) is 91.4 Å². The van der Waals surface area contributed by atoms with Gasteiger partial charge in [0.1, 0.15) is 23.0 Å². The van der Waals surface area contributed by atoms with Crippen molar-refractivity contribution in [2.45, 2.75) is 209 Å². The minimum atomic E-state index is -0.211. The van der Waals surface area contributed by atoms with Crippen LogP contribution in [0.2, 0.25) is 0 Å². The Bertz CT molecular complexity index is 3670. The molecule has 0 saturated carbocycles. The van der Waals surface area contributed by atoms with Crippen molar-refractivity contribution in [2.24, 2.45) is 20.0 Å². The zero-order chi connectivity index (χ0) is 75.3. The van der Waals surface area contributed by atoms with Gasteiger partial charge in [-0.05, 0) is 159 Å². The van der Waals surface area contributed by atoms with E-state index >= 15 is 0 Å². The Kier molecular flexibility index (Phi) is 34.6. The van der Waals surface area contributed by atoms with E-state index in [9.17, 15) is 20.4 Å². The van der Waals surface area contributed by atoms with Gasteiger partial charge in [0.25, 0.3) is 0 Å². The normalized spacial score (nSPS) is 12.1. The molecule has 8 aromatic rings. The van der Waals surface area contributed by atoms with Gasteiger partial charge >= 0.3 is 37.1 Å². The van der Waals surface area contributed by atoms with Crippen LogP contribution in [0.1, 0.15) is 233 Å². The van der Waals surface area contributed by atoms with E-state index in [-0.39, 0.29) is 114 Å². The SMILES string of the molecule is COc1cccc(N=Cc2cc(C(C)(C)C)cc(C(C)(C)C)c2[O-])c1.COc1cccc(N=Cc2cc(C(C)(C)C)cc(C(C)(C)C)c2[O-])c1.COc1cccc(N=Cc2cc(C(C)(C)C)cc(C(C)(C)C)c2[O-])c1.COc1cccc(N=Cc2cc(C(C)(C)C)cc(C(C)(C)C)c2[O-])c1.[O-2].[O-2].[V+4].[V+4]. The third kappa shape index (κ3) is 27.4. The standard InChI is InChI=1S/4C22H29NO2.2O.2V/c4*1-21(2,3)16-11-15(20(24)19(12-16)22(4,5)6)14-23-17-9-8-10-18(13-17)25-7;;;;/h4*8-14,24H,1-7H3;;;;/q;;;;2*-2;2*+4/p-4. The summed E-state index contributed by atoms with van der Waals surface area (Å²) in [6, 6.07) is 46.0. The van der Waals surface area contributed by atoms with Gasteiger partial charge in [-0.3, -0.25) is 20.0 Å². The van der Waals surface area contributed by atoms with Crippen LogP contribution in [0.15, 0.2) is 166 Å². The molecular formula is C88H112N4O10V2. The molecule has 16 heteroatoms. The van der Waals surface area contributed by atoms with E-state index in [1.165, 1.54) is 0 Å². The summed E-state index contributed by atoms with van der Waals surface area (Å²) < 4.78 is 20.9. The first kappa shape index (κ1) is 93.9. The Hall–Kier alpha value is -8.07. The Morgan fingerprint density at radius 1 is 0.250 bits per heavy atom. The summed E-state index contributed by atoms with van der Waals surface area (Å²) in [7, 11) is 6.50. The second-order valence-electron chi connectivity index (χ2n) is 33.6. The molecule has 0 aliphatic heterocycles. The zero-order valence-corrected chi connectivity index (χ0v) is 69.7. The second-order valence-corrected chi connectivity index (χ2v) is 33.6. The Morgan fingerprint density at radius 3 is 0.548 bits per heavy atom. The number of hydrogen-bond donors (Lipinski definition) is 0. The van der Waals surface area contributed by atoms with E-state index in [1.54, 1.807) is 53.3 Å². The van der Waals surface area contributed by atoms with Gasteiger partial charge in [0.15, 0.2) is 0 Å². The minimum Gasteiger partial charge on any atom is -2.00 e. The van der Waals surface area contributed by atoms with Gasteiger partial charge in [0.2, 0.25) is 0 Å². The molecule has 14 nitrogen and oxygen atoms in total. The third-order valence-electron chi connectivity index (χ3n) is 16.8. The molecular weight excluding hydrogens is 1370 g/mol. The molecule has 0 aliphatic carbocycles. The number of hydrogen-bond acceptors (Lipinski definition) is 12. The first-order valence-corrected chi connectivity index (χ1v) is 34.3. The maximum atomic E-state index is 12.9. The Morgan fingerprint density at radius 2 is 0.413 bits per heavy atom. The smallest absolute Gasteiger partial charge is 2.00 e. The molecule has 554 valence electrons. The molecule has 8 rings (SSSR count). The second kappa shape index (κ2) is 38.3. The summed E-state index contributed by atoms with van der Waals surface area (Å²) in [6.45, 7) is 50.7. The fourth-order valence-corrected chi connectivity index (χ4v) is 10.3. The predicted molar refractivity (Wildman–Crippen MR) is 416 cm³/mol. The van der Waals surface area contributed by atoms with Crippen molar-refractivity contribution in [1.82, 2.24) is 0 Å². The van der Waals surface area contributed by atoms with Crippen molar-refractivity contribution in [3.05, 3.63) is 212 Å². The van der Waals surface area contributed by atoms with Crippen molar-refractivity contribution in [2.75, 3.05) is 28.4 Å². The zero-order valence-electron chi connectivity index (χ0n) is 66.9. The van der Waals surface area contributed by atoms with E-state index in [2.05, 4.69) is 186 Å².